The summed E-state index contributed by atoms with van der Waals surface area (Å²) >= 11 is 0. The Balaban J connectivity index is 0.000000481. The van der Waals surface area contributed by atoms with E-state index in [1.54, 1.807) is 0 Å². The van der Waals surface area contributed by atoms with Crippen molar-refractivity contribution in [3.63, 3.8) is 0 Å². The van der Waals surface area contributed by atoms with Gasteiger partial charge in [-0.05, 0) is 5.92 Å². The van der Waals surface area contributed by atoms with Gasteiger partial charge in [0.15, 0.2) is 0 Å². The Morgan fingerprint density at radius 1 is 0.423 bits per heavy atom. The Hall–Kier alpha value is 0. The molecule has 1 aliphatic rings. The van der Waals surface area contributed by atoms with Crippen LogP contribution in [0.25, 0.3) is 0 Å². The Labute approximate surface area is 168 Å². The van der Waals surface area contributed by atoms with Gasteiger partial charge in [0.1, 0.15) is 0 Å². The molecule has 0 heterocycles. The lowest BCUT2D eigenvalue weighted by Gasteiger charge is -2.21. The molecule has 0 aromatic carbocycles. The fourth-order valence-electron chi connectivity index (χ4n) is 4.25. The fourth-order valence-corrected chi connectivity index (χ4v) is 4.25. The van der Waals surface area contributed by atoms with Gasteiger partial charge in [-0.1, -0.05) is 162 Å². The van der Waals surface area contributed by atoms with Crippen molar-refractivity contribution in [2.45, 2.75) is 162 Å². The van der Waals surface area contributed by atoms with Crippen LogP contribution in [0.5, 0.6) is 0 Å². The zero-order valence-electron chi connectivity index (χ0n) is 19.1. The third-order valence-electron chi connectivity index (χ3n) is 6.15. The molecule has 0 bridgehead atoms. The van der Waals surface area contributed by atoms with Gasteiger partial charge in [0.2, 0.25) is 0 Å². The first-order valence-electron chi connectivity index (χ1n) is 12.8. The summed E-state index contributed by atoms with van der Waals surface area (Å²) in [5.41, 5.74) is 0. The first kappa shape index (κ1) is 26.0. The van der Waals surface area contributed by atoms with Gasteiger partial charge in [-0.15, -0.1) is 0 Å². The molecule has 0 radical (unpaired) electrons. The minimum absolute atomic E-state index is 1.11. The van der Waals surface area contributed by atoms with E-state index >= 15 is 0 Å². The zero-order valence-corrected chi connectivity index (χ0v) is 19.1. The molecule has 1 aliphatic carbocycles. The highest BCUT2D eigenvalue weighted by molar-refractivity contribution is 4.65. The summed E-state index contributed by atoms with van der Waals surface area (Å²) in [6, 6.07) is 0. The highest BCUT2D eigenvalue weighted by Gasteiger charge is 2.12. The molecule has 0 nitrogen and oxygen atoms in total. The molecule has 26 heavy (non-hydrogen) atoms. The number of hydrogen-bond donors (Lipinski definition) is 0. The van der Waals surface area contributed by atoms with Crippen LogP contribution in [0.4, 0.5) is 0 Å². The molecule has 0 aliphatic heterocycles. The third kappa shape index (κ3) is 20.3. The van der Waals surface area contributed by atoms with Crippen molar-refractivity contribution in [3.05, 3.63) is 0 Å². The molecule has 0 amide bonds. The van der Waals surface area contributed by atoms with E-state index in [-0.39, 0.29) is 0 Å². The molecule has 0 aromatic heterocycles. The Morgan fingerprint density at radius 3 is 1.15 bits per heavy atom. The monoisotopic (exact) mass is 366 g/mol. The van der Waals surface area contributed by atoms with Crippen molar-refractivity contribution in [2.24, 2.45) is 5.92 Å². The molecule has 1 fully saturated rings. The van der Waals surface area contributed by atoms with E-state index in [0.717, 1.165) is 5.92 Å². The maximum Gasteiger partial charge on any atom is -0.0414 e. The molecule has 0 heteroatoms. The molecule has 0 N–H and O–H groups in total. The van der Waals surface area contributed by atoms with Crippen molar-refractivity contribution in [1.29, 1.82) is 0 Å². The maximum atomic E-state index is 2.29. The SMILES string of the molecule is CCCCCCCC1CCCCC1.CCCCCCCCCCCCC. The number of rotatable bonds is 16. The van der Waals surface area contributed by atoms with Crippen LogP contribution >= 0.6 is 0 Å². The summed E-state index contributed by atoms with van der Waals surface area (Å²) in [5, 5.41) is 0. The van der Waals surface area contributed by atoms with Crippen molar-refractivity contribution in [2.75, 3.05) is 0 Å². The van der Waals surface area contributed by atoms with Crippen LogP contribution in [-0.4, -0.2) is 0 Å². The molecule has 158 valence electrons. The predicted molar refractivity (Wildman–Crippen MR) is 122 cm³/mol. The van der Waals surface area contributed by atoms with Crippen molar-refractivity contribution < 1.29 is 0 Å². The average molecular weight is 367 g/mol. The summed E-state index contributed by atoms with van der Waals surface area (Å²) in [6.45, 7) is 6.86. The lowest BCUT2D eigenvalue weighted by Crippen LogP contribution is -2.05. The first-order chi connectivity index (χ1) is 12.8. The summed E-state index contributed by atoms with van der Waals surface area (Å²) in [7, 11) is 0. The van der Waals surface area contributed by atoms with Crippen LogP contribution in [0.1, 0.15) is 162 Å². The van der Waals surface area contributed by atoms with Gasteiger partial charge in [-0.25, -0.2) is 0 Å². The van der Waals surface area contributed by atoms with Gasteiger partial charge in [-0.2, -0.15) is 0 Å². The number of hydrogen-bond acceptors (Lipinski definition) is 0. The minimum atomic E-state index is 1.11. The molecule has 0 spiro atoms. The van der Waals surface area contributed by atoms with Crippen LogP contribution in [-0.2, 0) is 0 Å². The predicted octanol–water partition coefficient (Wildman–Crippen LogP) is 10.2. The van der Waals surface area contributed by atoms with E-state index in [9.17, 15) is 0 Å². The molecular formula is C26H54. The van der Waals surface area contributed by atoms with Crippen LogP contribution in [0.2, 0.25) is 0 Å². The minimum Gasteiger partial charge on any atom is -0.0654 e. The Morgan fingerprint density at radius 2 is 0.769 bits per heavy atom. The van der Waals surface area contributed by atoms with Crippen LogP contribution in [0, 0.1) is 5.92 Å². The summed E-state index contributed by atoms with van der Waals surface area (Å²) in [4.78, 5) is 0. The molecule has 0 unspecified atom stereocenters. The van der Waals surface area contributed by atoms with E-state index in [1.165, 1.54) is 141 Å². The smallest absolute Gasteiger partial charge is 0.0414 e. The van der Waals surface area contributed by atoms with E-state index in [2.05, 4.69) is 20.8 Å². The Kier molecular flexibility index (Phi) is 23.0. The normalized spacial score (nSPS) is 14.9. The van der Waals surface area contributed by atoms with Gasteiger partial charge in [0.25, 0.3) is 0 Å². The first-order valence-corrected chi connectivity index (χ1v) is 12.8. The van der Waals surface area contributed by atoms with Gasteiger partial charge >= 0.3 is 0 Å². The highest BCUT2D eigenvalue weighted by Crippen LogP contribution is 2.28. The van der Waals surface area contributed by atoms with Crippen LogP contribution in [0.15, 0.2) is 0 Å². The second-order valence-corrected chi connectivity index (χ2v) is 8.89. The maximum absolute atomic E-state index is 2.29. The van der Waals surface area contributed by atoms with Crippen molar-refractivity contribution >= 4 is 0 Å². The molecule has 1 rings (SSSR count). The highest BCUT2D eigenvalue weighted by atomic mass is 14.2. The summed E-state index contributed by atoms with van der Waals surface area (Å²) in [6.07, 6.45) is 32.4. The van der Waals surface area contributed by atoms with Crippen molar-refractivity contribution in [3.8, 4) is 0 Å². The molecule has 0 saturated heterocycles. The van der Waals surface area contributed by atoms with Gasteiger partial charge in [-0.3, -0.25) is 0 Å². The lowest BCUT2D eigenvalue weighted by molar-refractivity contribution is 0.328. The number of unbranched alkanes of at least 4 members (excludes halogenated alkanes) is 14. The summed E-state index contributed by atoms with van der Waals surface area (Å²) in [5.74, 6) is 1.11. The van der Waals surface area contributed by atoms with E-state index in [0.29, 0.717) is 0 Å². The van der Waals surface area contributed by atoms with E-state index < -0.39 is 0 Å². The quantitative estimate of drug-likeness (QED) is 0.238. The largest absolute Gasteiger partial charge is 0.0654 e. The van der Waals surface area contributed by atoms with Gasteiger partial charge in [0, 0.05) is 0 Å². The summed E-state index contributed by atoms with van der Waals surface area (Å²) < 4.78 is 0. The fraction of sp³-hybridized carbons (Fsp3) is 1.00. The third-order valence-corrected chi connectivity index (χ3v) is 6.15. The standard InChI is InChI=1S/C13H26.C13H28/c1-2-3-4-5-7-10-13-11-8-6-9-12-13;1-3-5-7-9-11-13-12-10-8-6-4-2/h13H,2-12H2,1H3;3-13H2,1-2H3. The van der Waals surface area contributed by atoms with E-state index in [4.69, 9.17) is 0 Å². The second kappa shape index (κ2) is 23.0. The second-order valence-electron chi connectivity index (χ2n) is 8.89. The lowest BCUT2D eigenvalue weighted by atomic mass is 9.85. The van der Waals surface area contributed by atoms with Crippen LogP contribution in [0.3, 0.4) is 0 Å². The molecular weight excluding hydrogens is 312 g/mol. The molecule has 0 atom stereocenters. The topological polar surface area (TPSA) is 0 Å². The molecule has 0 aromatic rings. The van der Waals surface area contributed by atoms with Gasteiger partial charge < -0.3 is 0 Å². The van der Waals surface area contributed by atoms with Crippen molar-refractivity contribution in [1.82, 2.24) is 0 Å². The average Bonchev–Trinajstić information content (AvgIpc) is 2.68. The Bertz CT molecular complexity index is 216. The molecule has 1 saturated carbocycles. The van der Waals surface area contributed by atoms with E-state index in [1.807, 2.05) is 0 Å². The van der Waals surface area contributed by atoms with Gasteiger partial charge in [0.05, 0.1) is 0 Å². The zero-order chi connectivity index (χ0) is 19.1. The van der Waals surface area contributed by atoms with Crippen LogP contribution < -0.4 is 0 Å².